The van der Waals surface area contributed by atoms with Crippen LogP contribution in [-0.4, -0.2) is 4.98 Å². The minimum absolute atomic E-state index is 0.646. The quantitative estimate of drug-likeness (QED) is 0.166. The molecule has 0 saturated heterocycles. The van der Waals surface area contributed by atoms with Gasteiger partial charge in [-0.3, -0.25) is 0 Å². The maximum Gasteiger partial charge on any atom is 0.227 e. The summed E-state index contributed by atoms with van der Waals surface area (Å²) >= 11 is 0. The van der Waals surface area contributed by atoms with Crippen molar-refractivity contribution < 1.29 is 4.42 Å². The maximum absolute atomic E-state index is 6.17. The molecular weight excluding hydrogens is 657 g/mol. The molecule has 0 N–H and O–H groups in total. The third-order valence-electron chi connectivity index (χ3n) is 10.6. The molecule has 0 amide bonds. The molecule has 8 aromatic carbocycles. The number of allylic oxidation sites excluding steroid dienone is 4. The Labute approximate surface area is 314 Å². The molecule has 0 aliphatic heterocycles. The second-order valence-electron chi connectivity index (χ2n) is 13.9. The van der Waals surface area contributed by atoms with Gasteiger partial charge in [0.15, 0.2) is 5.58 Å². The molecule has 0 bridgehead atoms. The molecule has 0 unspecified atom stereocenters. The van der Waals surface area contributed by atoms with Gasteiger partial charge in [0.25, 0.3) is 0 Å². The number of fused-ring (bicyclic) bond motifs is 4. The van der Waals surface area contributed by atoms with E-state index in [1.54, 1.807) is 0 Å². The Balaban J connectivity index is 0.922. The number of hydrogen-bond donors (Lipinski definition) is 0. The summed E-state index contributed by atoms with van der Waals surface area (Å²) < 4.78 is 6.17. The van der Waals surface area contributed by atoms with E-state index in [1.165, 1.54) is 44.3 Å². The summed E-state index contributed by atoms with van der Waals surface area (Å²) in [5, 5.41) is 4.77. The number of benzene rings is 8. The fourth-order valence-electron chi connectivity index (χ4n) is 7.75. The van der Waals surface area contributed by atoms with Gasteiger partial charge < -0.3 is 9.32 Å². The molecule has 0 spiro atoms. The van der Waals surface area contributed by atoms with Crippen LogP contribution in [-0.2, 0) is 0 Å². The first-order valence-electron chi connectivity index (χ1n) is 18.6. The molecule has 54 heavy (non-hydrogen) atoms. The third kappa shape index (κ3) is 5.96. The fraction of sp³-hybridized carbons (Fsp3) is 0.0392. The van der Waals surface area contributed by atoms with Crippen molar-refractivity contribution in [2.75, 3.05) is 4.90 Å². The lowest BCUT2D eigenvalue weighted by molar-refractivity contribution is 0.620. The highest BCUT2D eigenvalue weighted by Crippen LogP contribution is 2.38. The van der Waals surface area contributed by atoms with Crippen LogP contribution < -0.4 is 4.90 Å². The second kappa shape index (κ2) is 13.5. The summed E-state index contributed by atoms with van der Waals surface area (Å²) in [4.78, 5) is 7.32. The van der Waals surface area contributed by atoms with E-state index in [0.29, 0.717) is 5.89 Å². The van der Waals surface area contributed by atoms with E-state index in [2.05, 4.69) is 163 Å². The van der Waals surface area contributed by atoms with Crippen LogP contribution in [0, 0.1) is 0 Å². The van der Waals surface area contributed by atoms with Crippen LogP contribution in [0.3, 0.4) is 0 Å². The van der Waals surface area contributed by atoms with Crippen molar-refractivity contribution in [3.63, 3.8) is 0 Å². The number of para-hydroxylation sites is 1. The summed E-state index contributed by atoms with van der Waals surface area (Å²) in [5.74, 6) is 0.646. The lowest BCUT2D eigenvalue weighted by Crippen LogP contribution is -2.17. The van der Waals surface area contributed by atoms with Gasteiger partial charge in [-0.05, 0) is 123 Å². The van der Waals surface area contributed by atoms with Gasteiger partial charge in [-0.1, -0.05) is 133 Å². The van der Waals surface area contributed by atoms with Gasteiger partial charge >= 0.3 is 0 Å². The van der Waals surface area contributed by atoms with Crippen molar-refractivity contribution in [1.29, 1.82) is 0 Å². The van der Waals surface area contributed by atoms with Crippen LogP contribution >= 0.6 is 0 Å². The molecule has 1 heterocycles. The number of hydrogen-bond acceptors (Lipinski definition) is 3. The van der Waals surface area contributed by atoms with Gasteiger partial charge in [-0.2, -0.15) is 0 Å². The summed E-state index contributed by atoms with van der Waals surface area (Å²) in [5.41, 5.74) is 13.7. The molecule has 1 aromatic heterocycles. The van der Waals surface area contributed by atoms with Crippen molar-refractivity contribution in [3.05, 3.63) is 205 Å². The molecular formula is C51H36N2O. The largest absolute Gasteiger partial charge is 0.436 e. The van der Waals surface area contributed by atoms with Gasteiger partial charge in [-0.25, -0.2) is 4.98 Å². The van der Waals surface area contributed by atoms with E-state index >= 15 is 0 Å². The number of aromatic nitrogens is 1. The van der Waals surface area contributed by atoms with E-state index in [1.807, 2.05) is 36.4 Å². The molecule has 256 valence electrons. The molecule has 0 fully saturated rings. The zero-order valence-electron chi connectivity index (χ0n) is 29.7. The van der Waals surface area contributed by atoms with Gasteiger partial charge in [0.2, 0.25) is 5.89 Å². The molecule has 0 atom stereocenters. The Kier molecular flexibility index (Phi) is 7.96. The van der Waals surface area contributed by atoms with Crippen LogP contribution in [0.2, 0.25) is 0 Å². The Morgan fingerprint density at radius 2 is 1.02 bits per heavy atom. The van der Waals surface area contributed by atoms with Crippen molar-refractivity contribution in [2.45, 2.75) is 12.8 Å². The average molecular weight is 693 g/mol. The van der Waals surface area contributed by atoms with Gasteiger partial charge in [-0.15, -0.1) is 0 Å². The molecule has 9 aromatic rings. The van der Waals surface area contributed by atoms with E-state index in [4.69, 9.17) is 9.40 Å². The topological polar surface area (TPSA) is 29.3 Å². The van der Waals surface area contributed by atoms with Crippen LogP contribution in [0.25, 0.3) is 71.9 Å². The van der Waals surface area contributed by atoms with Gasteiger partial charge in [0.1, 0.15) is 5.52 Å². The highest BCUT2D eigenvalue weighted by atomic mass is 16.3. The number of anilines is 2. The van der Waals surface area contributed by atoms with E-state index in [9.17, 15) is 0 Å². The van der Waals surface area contributed by atoms with Crippen LogP contribution in [0.4, 0.5) is 11.4 Å². The predicted octanol–water partition coefficient (Wildman–Crippen LogP) is 14.0. The first-order chi connectivity index (χ1) is 26.7. The minimum atomic E-state index is 0.646. The normalized spacial score (nSPS) is 12.9. The van der Waals surface area contributed by atoms with E-state index in [0.717, 1.165) is 57.2 Å². The first kappa shape index (κ1) is 31.7. The Morgan fingerprint density at radius 1 is 0.426 bits per heavy atom. The standard InChI is InChI=1S/C51H36N2O/c1-3-10-41(11-4-1)51-52-50-48-34-44(22-20-40(48)27-32-49(50)54-51)38-17-15-36(16-18-38)37-23-28-46(29-24-37)53(45-13-5-2-6-14-45)47-30-25-39(26-31-47)43-21-19-35-9-7-8-12-42(35)33-43/h1-23,25-28,30-34H,24,29H2. The highest BCUT2D eigenvalue weighted by molar-refractivity contribution is 6.05. The summed E-state index contributed by atoms with van der Waals surface area (Å²) in [6.07, 6.45) is 6.51. The molecule has 3 heteroatoms. The molecule has 1 aliphatic carbocycles. The number of rotatable bonds is 7. The SMILES string of the molecule is C1=C(c2ccc(-c3ccc4ccc5oc(-c6ccccc6)nc5c4c3)cc2)CCC(N(c2ccccc2)c2ccc(-c3ccc4ccccc4c3)cc2)=C1. The minimum Gasteiger partial charge on any atom is -0.436 e. The average Bonchev–Trinajstić information content (AvgIpc) is 3.70. The van der Waals surface area contributed by atoms with Crippen LogP contribution in [0.15, 0.2) is 204 Å². The smallest absolute Gasteiger partial charge is 0.227 e. The molecule has 0 saturated carbocycles. The highest BCUT2D eigenvalue weighted by Gasteiger charge is 2.19. The molecule has 0 radical (unpaired) electrons. The van der Waals surface area contributed by atoms with Gasteiger partial charge in [0.05, 0.1) is 0 Å². The monoisotopic (exact) mass is 692 g/mol. The van der Waals surface area contributed by atoms with Crippen LogP contribution in [0.1, 0.15) is 18.4 Å². The van der Waals surface area contributed by atoms with Crippen molar-refractivity contribution in [1.82, 2.24) is 4.98 Å². The first-order valence-corrected chi connectivity index (χ1v) is 18.6. The summed E-state index contributed by atoms with van der Waals surface area (Å²) in [6.45, 7) is 0. The number of nitrogens with zero attached hydrogens (tertiary/aromatic N) is 2. The van der Waals surface area contributed by atoms with E-state index < -0.39 is 0 Å². The predicted molar refractivity (Wildman–Crippen MR) is 226 cm³/mol. The van der Waals surface area contributed by atoms with Crippen molar-refractivity contribution in [3.8, 4) is 33.7 Å². The lowest BCUT2D eigenvalue weighted by Gasteiger charge is -2.30. The molecule has 1 aliphatic rings. The van der Waals surface area contributed by atoms with Crippen molar-refractivity contribution in [2.24, 2.45) is 0 Å². The third-order valence-corrected chi connectivity index (χ3v) is 10.6. The zero-order valence-corrected chi connectivity index (χ0v) is 29.7. The van der Waals surface area contributed by atoms with Crippen molar-refractivity contribution >= 4 is 49.6 Å². The summed E-state index contributed by atoms with van der Waals surface area (Å²) in [6, 6.07) is 64.8. The second-order valence-corrected chi connectivity index (χ2v) is 13.9. The summed E-state index contributed by atoms with van der Waals surface area (Å²) in [7, 11) is 0. The van der Waals surface area contributed by atoms with E-state index in [-0.39, 0.29) is 0 Å². The Bertz CT molecular complexity index is 2850. The Hall–Kier alpha value is -6.97. The van der Waals surface area contributed by atoms with Gasteiger partial charge in [0, 0.05) is 28.0 Å². The maximum atomic E-state index is 6.17. The fourth-order valence-corrected chi connectivity index (χ4v) is 7.75. The number of oxazole rings is 1. The Morgan fingerprint density at radius 3 is 1.76 bits per heavy atom. The molecule has 10 rings (SSSR count). The lowest BCUT2D eigenvalue weighted by atomic mass is 9.93. The zero-order chi connectivity index (χ0) is 35.8. The van der Waals surface area contributed by atoms with Crippen LogP contribution in [0.5, 0.6) is 0 Å². The molecule has 3 nitrogen and oxygen atoms in total.